The van der Waals surface area contributed by atoms with Crippen LogP contribution in [0, 0.1) is 10.1 Å². The number of rotatable bonds is 5. The van der Waals surface area contributed by atoms with E-state index >= 15 is 0 Å². The van der Waals surface area contributed by atoms with Crippen molar-refractivity contribution >= 4 is 28.8 Å². The van der Waals surface area contributed by atoms with E-state index in [2.05, 4.69) is 10.2 Å². The van der Waals surface area contributed by atoms with Crippen molar-refractivity contribution in [1.82, 2.24) is 0 Å². The monoisotopic (exact) mass is 231 g/mol. The third-order valence-electron chi connectivity index (χ3n) is 1.74. The van der Waals surface area contributed by atoms with E-state index in [1.165, 1.54) is 12.1 Å². The molecule has 0 aromatic heterocycles. The fourth-order valence-electron chi connectivity index (χ4n) is 1.07. The van der Waals surface area contributed by atoms with Crippen molar-refractivity contribution in [3.05, 3.63) is 28.3 Å². The van der Waals surface area contributed by atoms with E-state index < -0.39 is 4.92 Å². The molecule has 3 N–H and O–H groups in total. The first-order chi connectivity index (χ1) is 7.19. The summed E-state index contributed by atoms with van der Waals surface area (Å²) in [4.78, 5) is 12.3. The van der Waals surface area contributed by atoms with Crippen molar-refractivity contribution in [2.75, 3.05) is 23.3 Å². The molecule has 1 aromatic rings. The molecule has 1 aromatic carbocycles. The Hall–Kier alpha value is -1.53. The molecule has 0 aliphatic carbocycles. The highest BCUT2D eigenvalue weighted by Crippen LogP contribution is 2.28. The molecule has 0 aliphatic heterocycles. The van der Waals surface area contributed by atoms with Crippen LogP contribution in [0.4, 0.5) is 17.1 Å². The highest BCUT2D eigenvalue weighted by molar-refractivity contribution is 6.24. The molecule has 0 fully saturated rings. The van der Waals surface area contributed by atoms with Crippen LogP contribution in [0.1, 0.15) is 0 Å². The molecule has 7 heteroatoms. The van der Waals surface area contributed by atoms with Gasteiger partial charge >= 0.3 is 0 Å². The summed E-state index contributed by atoms with van der Waals surface area (Å²) in [6.07, 6.45) is 0. The van der Waals surface area contributed by atoms with Gasteiger partial charge in [-0.05, 0) is 12.1 Å². The van der Waals surface area contributed by atoms with E-state index in [0.717, 1.165) is 0 Å². The predicted molar refractivity (Wildman–Crippen MR) is 58.1 cm³/mol. The standard InChI is InChI=1S/C8H10ClN3O3/c9-11-7-2-1-6(10-3-4-13)5-8(7)12(14)15/h1-2,5,10-11,13H,3-4H2. The van der Waals surface area contributed by atoms with Gasteiger partial charge in [0.1, 0.15) is 5.69 Å². The number of hydrogen-bond acceptors (Lipinski definition) is 5. The van der Waals surface area contributed by atoms with Crippen molar-refractivity contribution in [3.63, 3.8) is 0 Å². The number of aliphatic hydroxyl groups is 1. The zero-order chi connectivity index (χ0) is 11.3. The average molecular weight is 232 g/mol. The second-order valence-corrected chi connectivity index (χ2v) is 2.92. The van der Waals surface area contributed by atoms with E-state index in [9.17, 15) is 10.1 Å². The Morgan fingerprint density at radius 3 is 2.80 bits per heavy atom. The number of benzene rings is 1. The molecule has 0 unspecified atom stereocenters. The minimum atomic E-state index is -0.533. The van der Waals surface area contributed by atoms with E-state index in [1.54, 1.807) is 6.07 Å². The fraction of sp³-hybridized carbons (Fsp3) is 0.250. The van der Waals surface area contributed by atoms with Crippen LogP contribution in [0.25, 0.3) is 0 Å². The van der Waals surface area contributed by atoms with Crippen LogP contribution in [-0.4, -0.2) is 23.2 Å². The fourth-order valence-corrected chi connectivity index (χ4v) is 1.23. The Kier molecular flexibility index (Phi) is 4.14. The molecule has 0 saturated carbocycles. The van der Waals surface area contributed by atoms with Gasteiger partial charge in [-0.1, -0.05) is 0 Å². The van der Waals surface area contributed by atoms with Crippen molar-refractivity contribution < 1.29 is 10.0 Å². The summed E-state index contributed by atoms with van der Waals surface area (Å²) in [7, 11) is 0. The number of nitro benzene ring substituents is 1. The Morgan fingerprint density at radius 2 is 2.27 bits per heavy atom. The second kappa shape index (κ2) is 5.38. The van der Waals surface area contributed by atoms with Gasteiger partial charge in [-0.15, -0.1) is 0 Å². The zero-order valence-corrected chi connectivity index (χ0v) is 8.49. The second-order valence-electron chi connectivity index (χ2n) is 2.73. The summed E-state index contributed by atoms with van der Waals surface area (Å²) in [5, 5.41) is 22.0. The van der Waals surface area contributed by atoms with Crippen LogP contribution in [0.3, 0.4) is 0 Å². The van der Waals surface area contributed by atoms with Crippen molar-refractivity contribution in [1.29, 1.82) is 0 Å². The Morgan fingerprint density at radius 1 is 1.53 bits per heavy atom. The molecular weight excluding hydrogens is 222 g/mol. The molecule has 0 saturated heterocycles. The van der Waals surface area contributed by atoms with Gasteiger partial charge in [-0.2, -0.15) is 0 Å². The Labute approximate surface area is 91.1 Å². The minimum Gasteiger partial charge on any atom is -0.395 e. The van der Waals surface area contributed by atoms with Crippen LogP contribution in [0.15, 0.2) is 18.2 Å². The summed E-state index contributed by atoms with van der Waals surface area (Å²) in [6, 6.07) is 4.47. The number of nitrogens with zero attached hydrogens (tertiary/aromatic N) is 1. The zero-order valence-electron chi connectivity index (χ0n) is 7.74. The third-order valence-corrected chi connectivity index (χ3v) is 1.94. The maximum absolute atomic E-state index is 10.6. The van der Waals surface area contributed by atoms with Crippen LogP contribution in [0.5, 0.6) is 0 Å². The van der Waals surface area contributed by atoms with Gasteiger partial charge in [0.15, 0.2) is 0 Å². The Balaban J connectivity index is 2.94. The SMILES string of the molecule is O=[N+]([O-])c1cc(NCCO)ccc1NCl. The summed E-state index contributed by atoms with van der Waals surface area (Å²) in [5.74, 6) is 0. The predicted octanol–water partition coefficient (Wildman–Crippen LogP) is 1.56. The van der Waals surface area contributed by atoms with Gasteiger partial charge in [-0.3, -0.25) is 15.0 Å². The summed E-state index contributed by atoms with van der Waals surface area (Å²) in [6.45, 7) is 0.300. The first kappa shape index (κ1) is 11.5. The lowest BCUT2D eigenvalue weighted by atomic mass is 10.2. The lowest BCUT2D eigenvalue weighted by Crippen LogP contribution is -2.05. The molecule has 6 nitrogen and oxygen atoms in total. The molecule has 0 bridgehead atoms. The number of aliphatic hydroxyl groups excluding tert-OH is 1. The first-order valence-corrected chi connectivity index (χ1v) is 4.56. The van der Waals surface area contributed by atoms with Gasteiger partial charge < -0.3 is 10.4 Å². The third kappa shape index (κ3) is 2.97. The molecule has 0 radical (unpaired) electrons. The highest BCUT2D eigenvalue weighted by atomic mass is 35.5. The van der Waals surface area contributed by atoms with Crippen molar-refractivity contribution in [2.45, 2.75) is 0 Å². The van der Waals surface area contributed by atoms with Crippen LogP contribution in [0.2, 0.25) is 0 Å². The van der Waals surface area contributed by atoms with Gasteiger partial charge in [0.25, 0.3) is 5.69 Å². The molecule has 0 spiro atoms. The normalized spacial score (nSPS) is 9.73. The van der Waals surface area contributed by atoms with Gasteiger partial charge in [0.2, 0.25) is 0 Å². The quantitative estimate of drug-likeness (QED) is 0.407. The van der Waals surface area contributed by atoms with Crippen LogP contribution in [-0.2, 0) is 0 Å². The molecule has 0 atom stereocenters. The molecule has 0 heterocycles. The number of nitro groups is 1. The van der Waals surface area contributed by atoms with Gasteiger partial charge in [0.05, 0.1) is 11.5 Å². The highest BCUT2D eigenvalue weighted by Gasteiger charge is 2.13. The van der Waals surface area contributed by atoms with E-state index in [0.29, 0.717) is 12.2 Å². The number of halogens is 1. The van der Waals surface area contributed by atoms with Crippen LogP contribution >= 0.6 is 11.8 Å². The first-order valence-electron chi connectivity index (χ1n) is 4.19. The minimum absolute atomic E-state index is 0.0384. The van der Waals surface area contributed by atoms with Crippen LogP contribution < -0.4 is 10.2 Å². The number of anilines is 2. The lowest BCUT2D eigenvalue weighted by Gasteiger charge is -2.05. The van der Waals surface area contributed by atoms with E-state index in [-0.39, 0.29) is 18.0 Å². The number of nitrogens with one attached hydrogen (secondary N) is 2. The molecule has 0 amide bonds. The maximum atomic E-state index is 10.6. The smallest absolute Gasteiger partial charge is 0.295 e. The largest absolute Gasteiger partial charge is 0.395 e. The molecule has 82 valence electrons. The lowest BCUT2D eigenvalue weighted by molar-refractivity contribution is -0.383. The van der Waals surface area contributed by atoms with Gasteiger partial charge in [0, 0.05) is 30.1 Å². The van der Waals surface area contributed by atoms with Crippen molar-refractivity contribution in [3.8, 4) is 0 Å². The maximum Gasteiger partial charge on any atom is 0.295 e. The summed E-state index contributed by atoms with van der Waals surface area (Å²) >= 11 is 5.32. The molecule has 1 rings (SSSR count). The van der Waals surface area contributed by atoms with Crippen molar-refractivity contribution in [2.24, 2.45) is 0 Å². The van der Waals surface area contributed by atoms with Gasteiger partial charge in [-0.25, -0.2) is 0 Å². The summed E-state index contributed by atoms with van der Waals surface area (Å²) < 4.78 is 0. The summed E-state index contributed by atoms with van der Waals surface area (Å²) in [5.41, 5.74) is 0.676. The number of hydrogen-bond donors (Lipinski definition) is 3. The molecule has 15 heavy (non-hydrogen) atoms. The molecular formula is C8H10ClN3O3. The van der Waals surface area contributed by atoms with E-state index in [1.807, 2.05) is 0 Å². The van der Waals surface area contributed by atoms with E-state index in [4.69, 9.17) is 16.9 Å². The Bertz CT molecular complexity index is 359. The topological polar surface area (TPSA) is 87.4 Å². The molecule has 0 aliphatic rings. The average Bonchev–Trinajstić information content (AvgIpc) is 2.25.